The van der Waals surface area contributed by atoms with E-state index in [1.807, 2.05) is 6.92 Å². The van der Waals surface area contributed by atoms with Crippen molar-refractivity contribution in [2.75, 3.05) is 4.72 Å². The number of halogens is 1. The molecule has 2 aromatic heterocycles. The molecule has 6 nitrogen and oxygen atoms in total. The summed E-state index contributed by atoms with van der Waals surface area (Å²) in [5.74, 6) is -0.470. The molecule has 23 heavy (non-hydrogen) atoms. The minimum absolute atomic E-state index is 0.0237. The number of benzene rings is 1. The molecule has 3 rings (SSSR count). The molecule has 0 spiro atoms. The summed E-state index contributed by atoms with van der Waals surface area (Å²) in [5, 5.41) is 5.04. The molecule has 9 heteroatoms. The van der Waals surface area contributed by atoms with Crippen molar-refractivity contribution < 1.29 is 12.8 Å². The van der Waals surface area contributed by atoms with Gasteiger partial charge in [-0.25, -0.2) is 9.37 Å². The number of aromatic nitrogens is 3. The van der Waals surface area contributed by atoms with E-state index in [1.165, 1.54) is 28.0 Å². The summed E-state index contributed by atoms with van der Waals surface area (Å²) >= 11 is 1.35. The maximum absolute atomic E-state index is 13.6. The highest BCUT2D eigenvalue weighted by atomic mass is 32.2. The van der Waals surface area contributed by atoms with Crippen molar-refractivity contribution in [3.8, 4) is 0 Å². The second-order valence-corrected chi connectivity index (χ2v) is 7.75. The molecule has 2 heterocycles. The van der Waals surface area contributed by atoms with Crippen LogP contribution in [0.5, 0.6) is 0 Å². The Bertz CT molecular complexity index is 992. The lowest BCUT2D eigenvalue weighted by atomic mass is 10.2. The van der Waals surface area contributed by atoms with E-state index in [4.69, 9.17) is 0 Å². The second kappa shape index (κ2) is 5.57. The summed E-state index contributed by atoms with van der Waals surface area (Å²) in [4.78, 5) is 4.77. The third kappa shape index (κ3) is 2.81. The zero-order valence-electron chi connectivity index (χ0n) is 12.8. The standard InChI is InChI=1S/C14H15FN4O2S2/c1-4-12-17-19-13(9(3)16-14(19)22-12)23(20,21)18-10-6-5-8(2)11(15)7-10/h5-7,18H,4H2,1-3H3. The lowest BCUT2D eigenvalue weighted by Crippen LogP contribution is -2.17. The zero-order valence-corrected chi connectivity index (χ0v) is 14.4. The van der Waals surface area contributed by atoms with Crippen LogP contribution in [0.15, 0.2) is 23.2 Å². The number of hydrogen-bond acceptors (Lipinski definition) is 5. The Morgan fingerprint density at radius 3 is 2.74 bits per heavy atom. The van der Waals surface area contributed by atoms with Crippen molar-refractivity contribution in [2.45, 2.75) is 32.2 Å². The van der Waals surface area contributed by atoms with E-state index in [-0.39, 0.29) is 10.7 Å². The Hall–Kier alpha value is -2.00. The molecule has 3 aromatic rings. The molecular formula is C14H15FN4O2S2. The monoisotopic (exact) mass is 354 g/mol. The Kier molecular flexibility index (Phi) is 3.85. The summed E-state index contributed by atoms with van der Waals surface area (Å²) in [6.07, 6.45) is 0.698. The van der Waals surface area contributed by atoms with E-state index in [1.54, 1.807) is 13.8 Å². The number of aryl methyl sites for hydroxylation is 3. The molecule has 1 N–H and O–H groups in total. The fourth-order valence-corrected chi connectivity index (χ4v) is 4.44. The summed E-state index contributed by atoms with van der Waals surface area (Å²) in [5.41, 5.74) is 0.961. The van der Waals surface area contributed by atoms with Crippen LogP contribution < -0.4 is 4.72 Å². The van der Waals surface area contributed by atoms with Crippen molar-refractivity contribution in [1.29, 1.82) is 0 Å². The number of nitrogens with one attached hydrogen (secondary N) is 1. The number of sulfonamides is 1. The van der Waals surface area contributed by atoms with Gasteiger partial charge in [0.05, 0.1) is 11.4 Å². The molecule has 0 aliphatic rings. The van der Waals surface area contributed by atoms with Gasteiger partial charge in [0, 0.05) is 0 Å². The van der Waals surface area contributed by atoms with Gasteiger partial charge in [0.15, 0.2) is 0 Å². The highest BCUT2D eigenvalue weighted by Crippen LogP contribution is 2.25. The number of hydrogen-bond donors (Lipinski definition) is 1. The first-order valence-electron chi connectivity index (χ1n) is 6.96. The predicted molar refractivity (Wildman–Crippen MR) is 86.9 cm³/mol. The maximum Gasteiger partial charge on any atom is 0.281 e. The van der Waals surface area contributed by atoms with Gasteiger partial charge in [0.25, 0.3) is 10.0 Å². The van der Waals surface area contributed by atoms with E-state index < -0.39 is 15.8 Å². The lowest BCUT2D eigenvalue weighted by Gasteiger charge is -2.08. The average Bonchev–Trinajstić information content (AvgIpc) is 2.98. The van der Waals surface area contributed by atoms with Gasteiger partial charge in [-0.05, 0) is 38.0 Å². The number of rotatable bonds is 4. The third-order valence-electron chi connectivity index (χ3n) is 3.35. The highest BCUT2D eigenvalue weighted by Gasteiger charge is 2.26. The quantitative estimate of drug-likeness (QED) is 0.781. The van der Waals surface area contributed by atoms with E-state index in [0.29, 0.717) is 22.6 Å². The van der Waals surface area contributed by atoms with Crippen LogP contribution in [0.4, 0.5) is 10.1 Å². The highest BCUT2D eigenvalue weighted by molar-refractivity contribution is 7.92. The van der Waals surface area contributed by atoms with Gasteiger partial charge in [-0.15, -0.1) is 0 Å². The Morgan fingerprint density at radius 2 is 2.09 bits per heavy atom. The SMILES string of the molecule is CCc1nn2c(S(=O)(=O)Nc3ccc(C)c(F)c3)c(C)nc2s1. The van der Waals surface area contributed by atoms with E-state index in [0.717, 1.165) is 11.1 Å². The normalized spacial score (nSPS) is 12.0. The van der Waals surface area contributed by atoms with Crippen molar-refractivity contribution in [2.24, 2.45) is 0 Å². The van der Waals surface area contributed by atoms with Crippen LogP contribution >= 0.6 is 11.3 Å². The molecule has 0 bridgehead atoms. The van der Waals surface area contributed by atoms with Gasteiger partial charge < -0.3 is 0 Å². The smallest absolute Gasteiger partial charge is 0.278 e. The van der Waals surface area contributed by atoms with Gasteiger partial charge in [-0.3, -0.25) is 4.72 Å². The minimum Gasteiger partial charge on any atom is -0.278 e. The second-order valence-electron chi connectivity index (χ2n) is 5.12. The largest absolute Gasteiger partial charge is 0.281 e. The van der Waals surface area contributed by atoms with Gasteiger partial charge >= 0.3 is 0 Å². The molecular weight excluding hydrogens is 339 g/mol. The predicted octanol–water partition coefficient (Wildman–Crippen LogP) is 2.91. The van der Waals surface area contributed by atoms with Gasteiger partial charge in [-0.1, -0.05) is 24.3 Å². The van der Waals surface area contributed by atoms with Crippen LogP contribution in [0.3, 0.4) is 0 Å². The van der Waals surface area contributed by atoms with Crippen LogP contribution in [-0.4, -0.2) is 23.0 Å². The first-order chi connectivity index (χ1) is 10.8. The molecule has 0 fully saturated rings. The zero-order chi connectivity index (χ0) is 16.8. The van der Waals surface area contributed by atoms with Gasteiger partial charge in [0.2, 0.25) is 9.99 Å². The van der Waals surface area contributed by atoms with Crippen LogP contribution in [0, 0.1) is 19.7 Å². The summed E-state index contributed by atoms with van der Waals surface area (Å²) in [6, 6.07) is 4.19. The molecule has 0 radical (unpaired) electrons. The minimum atomic E-state index is -3.92. The first-order valence-corrected chi connectivity index (χ1v) is 9.26. The van der Waals surface area contributed by atoms with E-state index in [9.17, 15) is 12.8 Å². The number of anilines is 1. The van der Waals surface area contributed by atoms with Crippen molar-refractivity contribution in [1.82, 2.24) is 14.6 Å². The fraction of sp³-hybridized carbons (Fsp3) is 0.286. The number of nitrogens with zero attached hydrogens (tertiary/aromatic N) is 3. The molecule has 0 saturated heterocycles. The summed E-state index contributed by atoms with van der Waals surface area (Å²) in [6.45, 7) is 5.16. The molecule has 0 atom stereocenters. The topological polar surface area (TPSA) is 76.4 Å². The van der Waals surface area contributed by atoms with Crippen molar-refractivity contribution in [3.63, 3.8) is 0 Å². The summed E-state index contributed by atoms with van der Waals surface area (Å²) < 4.78 is 42.6. The van der Waals surface area contributed by atoms with E-state index in [2.05, 4.69) is 14.8 Å². The molecule has 0 aliphatic carbocycles. The molecule has 0 saturated carbocycles. The van der Waals surface area contributed by atoms with Gasteiger partial charge in [0.1, 0.15) is 10.8 Å². The van der Waals surface area contributed by atoms with Crippen LogP contribution in [0.2, 0.25) is 0 Å². The third-order valence-corrected chi connectivity index (χ3v) is 5.88. The molecule has 0 unspecified atom stereocenters. The van der Waals surface area contributed by atoms with Gasteiger partial charge in [-0.2, -0.15) is 18.0 Å². The van der Waals surface area contributed by atoms with E-state index >= 15 is 0 Å². The Labute approximate surface area is 137 Å². The van der Waals surface area contributed by atoms with Crippen LogP contribution in [0.1, 0.15) is 23.2 Å². The van der Waals surface area contributed by atoms with Crippen LogP contribution in [0.25, 0.3) is 4.96 Å². The molecule has 0 amide bonds. The summed E-state index contributed by atoms with van der Waals surface area (Å²) in [7, 11) is -3.92. The maximum atomic E-state index is 13.6. The lowest BCUT2D eigenvalue weighted by molar-refractivity contribution is 0.592. The molecule has 0 aliphatic heterocycles. The van der Waals surface area contributed by atoms with Crippen LogP contribution in [-0.2, 0) is 16.4 Å². The van der Waals surface area contributed by atoms with Crippen molar-refractivity contribution in [3.05, 3.63) is 40.3 Å². The number of fused-ring (bicyclic) bond motifs is 1. The molecule has 1 aromatic carbocycles. The molecule has 122 valence electrons. The Balaban J connectivity index is 2.06. The van der Waals surface area contributed by atoms with Crippen molar-refractivity contribution >= 4 is 32.0 Å². The number of imidazole rings is 1. The fourth-order valence-electron chi connectivity index (χ4n) is 2.18. The first kappa shape index (κ1) is 15.9. The Morgan fingerprint density at radius 1 is 1.35 bits per heavy atom. The average molecular weight is 354 g/mol.